The monoisotopic (exact) mass is 295 g/mol. The Kier molecular flexibility index (Phi) is 4.30. The SMILES string of the molecule is CCOC(=O)c1cc(N2CCCC2C(N)=O)c(F)cc1N. The number of ether oxygens (including phenoxy) is 1. The molecule has 7 heteroatoms. The van der Waals surface area contributed by atoms with Gasteiger partial charge in [0, 0.05) is 12.2 Å². The van der Waals surface area contributed by atoms with E-state index in [9.17, 15) is 14.0 Å². The Morgan fingerprint density at radius 2 is 2.19 bits per heavy atom. The fourth-order valence-electron chi connectivity index (χ4n) is 2.53. The number of benzene rings is 1. The molecule has 21 heavy (non-hydrogen) atoms. The predicted octanol–water partition coefficient (Wildman–Crippen LogP) is 1.04. The molecule has 1 aliphatic rings. The van der Waals surface area contributed by atoms with Gasteiger partial charge in [0.25, 0.3) is 0 Å². The number of amides is 1. The Balaban J connectivity index is 2.42. The zero-order chi connectivity index (χ0) is 15.6. The molecule has 114 valence electrons. The second kappa shape index (κ2) is 5.99. The first-order valence-electron chi connectivity index (χ1n) is 6.77. The largest absolute Gasteiger partial charge is 0.462 e. The van der Waals surface area contributed by atoms with E-state index in [1.807, 2.05) is 0 Å². The van der Waals surface area contributed by atoms with Gasteiger partial charge in [-0.25, -0.2) is 9.18 Å². The molecule has 0 spiro atoms. The fourth-order valence-corrected chi connectivity index (χ4v) is 2.53. The van der Waals surface area contributed by atoms with Crippen molar-refractivity contribution in [1.29, 1.82) is 0 Å². The lowest BCUT2D eigenvalue weighted by Crippen LogP contribution is -2.40. The number of anilines is 2. The van der Waals surface area contributed by atoms with E-state index in [0.717, 1.165) is 12.5 Å². The standard InChI is InChI=1S/C14H18FN3O3/c1-2-21-14(20)8-6-12(9(15)7-10(8)16)18-5-3-4-11(18)13(17)19/h6-7,11H,2-5,16H2,1H3,(H2,17,19). The maximum atomic E-state index is 14.1. The van der Waals surface area contributed by atoms with E-state index >= 15 is 0 Å². The molecule has 2 rings (SSSR count). The van der Waals surface area contributed by atoms with E-state index in [4.69, 9.17) is 16.2 Å². The lowest BCUT2D eigenvalue weighted by Gasteiger charge is -2.25. The molecule has 1 aromatic rings. The Bertz CT molecular complexity index is 577. The lowest BCUT2D eigenvalue weighted by molar-refractivity contribution is -0.119. The van der Waals surface area contributed by atoms with Crippen LogP contribution in [0.3, 0.4) is 0 Å². The average Bonchev–Trinajstić information content (AvgIpc) is 2.88. The van der Waals surface area contributed by atoms with Crippen LogP contribution in [0.1, 0.15) is 30.1 Å². The van der Waals surface area contributed by atoms with Gasteiger partial charge in [0.1, 0.15) is 11.9 Å². The van der Waals surface area contributed by atoms with Gasteiger partial charge in [0.15, 0.2) is 0 Å². The summed E-state index contributed by atoms with van der Waals surface area (Å²) in [7, 11) is 0. The third kappa shape index (κ3) is 2.91. The number of nitrogen functional groups attached to an aromatic ring is 1. The van der Waals surface area contributed by atoms with Crippen LogP contribution in [0.25, 0.3) is 0 Å². The van der Waals surface area contributed by atoms with Gasteiger partial charge in [-0.1, -0.05) is 0 Å². The van der Waals surface area contributed by atoms with E-state index in [-0.39, 0.29) is 23.5 Å². The summed E-state index contributed by atoms with van der Waals surface area (Å²) in [4.78, 5) is 24.8. The highest BCUT2D eigenvalue weighted by Gasteiger charge is 2.31. The summed E-state index contributed by atoms with van der Waals surface area (Å²) < 4.78 is 19.0. The van der Waals surface area contributed by atoms with Crippen LogP contribution in [0, 0.1) is 5.82 Å². The van der Waals surface area contributed by atoms with Crippen molar-refractivity contribution in [2.45, 2.75) is 25.8 Å². The second-order valence-corrected chi connectivity index (χ2v) is 4.87. The first-order valence-corrected chi connectivity index (χ1v) is 6.77. The highest BCUT2D eigenvalue weighted by atomic mass is 19.1. The Labute approximate surface area is 121 Å². The Hall–Kier alpha value is -2.31. The third-order valence-corrected chi connectivity index (χ3v) is 3.50. The fraction of sp³-hybridized carbons (Fsp3) is 0.429. The van der Waals surface area contributed by atoms with Gasteiger partial charge in [-0.05, 0) is 31.9 Å². The van der Waals surface area contributed by atoms with Crippen molar-refractivity contribution in [2.24, 2.45) is 5.73 Å². The highest BCUT2D eigenvalue weighted by molar-refractivity contribution is 5.96. The quantitative estimate of drug-likeness (QED) is 0.638. The maximum Gasteiger partial charge on any atom is 0.340 e. The molecule has 6 nitrogen and oxygen atoms in total. The number of halogens is 1. The summed E-state index contributed by atoms with van der Waals surface area (Å²) in [5.41, 5.74) is 11.2. The van der Waals surface area contributed by atoms with Crippen LogP contribution in [0.5, 0.6) is 0 Å². The number of carbonyl (C=O) groups excluding carboxylic acids is 2. The zero-order valence-electron chi connectivity index (χ0n) is 11.8. The number of carbonyl (C=O) groups is 2. The topological polar surface area (TPSA) is 98.6 Å². The van der Waals surface area contributed by atoms with Crippen LogP contribution in [-0.2, 0) is 9.53 Å². The number of primary amides is 1. The summed E-state index contributed by atoms with van der Waals surface area (Å²) in [6, 6.07) is 1.82. The van der Waals surface area contributed by atoms with Crippen LogP contribution in [0.15, 0.2) is 12.1 Å². The minimum atomic E-state index is -0.619. The molecule has 1 amide bonds. The van der Waals surface area contributed by atoms with Gasteiger partial charge in [-0.15, -0.1) is 0 Å². The lowest BCUT2D eigenvalue weighted by atomic mass is 10.1. The zero-order valence-corrected chi connectivity index (χ0v) is 11.8. The normalized spacial score (nSPS) is 17.8. The molecule has 4 N–H and O–H groups in total. The summed E-state index contributed by atoms with van der Waals surface area (Å²) in [5.74, 6) is -1.72. The molecule has 0 saturated carbocycles. The van der Waals surface area contributed by atoms with E-state index in [1.165, 1.54) is 6.07 Å². The van der Waals surface area contributed by atoms with E-state index in [1.54, 1.807) is 11.8 Å². The van der Waals surface area contributed by atoms with Crippen LogP contribution in [0.2, 0.25) is 0 Å². The highest BCUT2D eigenvalue weighted by Crippen LogP contribution is 2.31. The molecule has 1 heterocycles. The summed E-state index contributed by atoms with van der Waals surface area (Å²) in [5, 5.41) is 0. The van der Waals surface area contributed by atoms with Gasteiger partial charge in [0.05, 0.1) is 17.9 Å². The molecule has 0 radical (unpaired) electrons. The molecule has 1 atom stereocenters. The smallest absolute Gasteiger partial charge is 0.340 e. The summed E-state index contributed by atoms with van der Waals surface area (Å²) in [6.07, 6.45) is 1.29. The van der Waals surface area contributed by atoms with E-state index < -0.39 is 23.7 Å². The number of nitrogens with two attached hydrogens (primary N) is 2. The molecule has 0 aromatic heterocycles. The molecule has 1 aliphatic heterocycles. The molecule has 1 saturated heterocycles. The van der Waals surface area contributed by atoms with Crippen molar-refractivity contribution in [3.63, 3.8) is 0 Å². The molecule has 0 aliphatic carbocycles. The maximum absolute atomic E-state index is 14.1. The van der Waals surface area contributed by atoms with Crippen molar-refractivity contribution in [1.82, 2.24) is 0 Å². The molecule has 1 unspecified atom stereocenters. The van der Waals surface area contributed by atoms with Crippen LogP contribution in [-0.4, -0.2) is 31.1 Å². The van der Waals surface area contributed by atoms with Crippen molar-refractivity contribution in [3.05, 3.63) is 23.5 Å². The van der Waals surface area contributed by atoms with Gasteiger partial charge in [-0.3, -0.25) is 4.79 Å². The van der Waals surface area contributed by atoms with Gasteiger partial charge >= 0.3 is 5.97 Å². The predicted molar refractivity (Wildman–Crippen MR) is 76.3 cm³/mol. The molecular weight excluding hydrogens is 277 g/mol. The van der Waals surface area contributed by atoms with E-state index in [0.29, 0.717) is 13.0 Å². The minimum Gasteiger partial charge on any atom is -0.462 e. The number of rotatable bonds is 4. The third-order valence-electron chi connectivity index (χ3n) is 3.50. The number of nitrogens with zero attached hydrogens (tertiary/aromatic N) is 1. The summed E-state index contributed by atoms with van der Waals surface area (Å²) >= 11 is 0. The Morgan fingerprint density at radius 3 is 2.81 bits per heavy atom. The number of hydrogen-bond donors (Lipinski definition) is 2. The Morgan fingerprint density at radius 1 is 1.48 bits per heavy atom. The minimum absolute atomic E-state index is 0.00419. The van der Waals surface area contributed by atoms with Crippen molar-refractivity contribution >= 4 is 23.3 Å². The van der Waals surface area contributed by atoms with Crippen LogP contribution in [0.4, 0.5) is 15.8 Å². The first-order chi connectivity index (χ1) is 9.95. The van der Waals surface area contributed by atoms with Gasteiger partial charge in [0.2, 0.25) is 5.91 Å². The van der Waals surface area contributed by atoms with Gasteiger partial charge < -0.3 is 21.1 Å². The van der Waals surface area contributed by atoms with Gasteiger partial charge in [-0.2, -0.15) is 0 Å². The van der Waals surface area contributed by atoms with E-state index in [2.05, 4.69) is 0 Å². The van der Waals surface area contributed by atoms with Crippen molar-refractivity contribution in [2.75, 3.05) is 23.8 Å². The second-order valence-electron chi connectivity index (χ2n) is 4.87. The number of esters is 1. The van der Waals surface area contributed by atoms with Crippen LogP contribution >= 0.6 is 0 Å². The molecular formula is C14H18FN3O3. The van der Waals surface area contributed by atoms with Crippen molar-refractivity contribution in [3.8, 4) is 0 Å². The molecule has 1 fully saturated rings. The molecule has 1 aromatic carbocycles. The summed E-state index contributed by atoms with van der Waals surface area (Å²) in [6.45, 7) is 2.36. The number of hydrogen-bond acceptors (Lipinski definition) is 5. The van der Waals surface area contributed by atoms with Crippen molar-refractivity contribution < 1.29 is 18.7 Å². The van der Waals surface area contributed by atoms with Crippen LogP contribution < -0.4 is 16.4 Å². The first kappa shape index (κ1) is 15.1. The average molecular weight is 295 g/mol. The molecule has 0 bridgehead atoms.